The van der Waals surface area contributed by atoms with Crippen LogP contribution < -0.4 is 0 Å². The molecule has 2 rings (SSSR count). The minimum absolute atomic E-state index is 0.257. The number of nitrogens with zero attached hydrogens (tertiary/aromatic N) is 3. The predicted octanol–water partition coefficient (Wildman–Crippen LogP) is 1.50. The van der Waals surface area contributed by atoms with Crippen molar-refractivity contribution in [1.29, 1.82) is 0 Å². The summed E-state index contributed by atoms with van der Waals surface area (Å²) in [6.45, 7) is 1.85. The first kappa shape index (κ1) is 8.74. The summed E-state index contributed by atoms with van der Waals surface area (Å²) < 4.78 is 1.72. The van der Waals surface area contributed by atoms with Crippen LogP contribution in [0, 0.1) is 6.92 Å². The third-order valence-electron chi connectivity index (χ3n) is 1.99. The SMILES string of the molecule is Cc1nc(-c2ccc(O)cc2)n(C)n1. The van der Waals surface area contributed by atoms with Crippen LogP contribution in [-0.4, -0.2) is 19.9 Å². The summed E-state index contributed by atoms with van der Waals surface area (Å²) >= 11 is 0. The fraction of sp³-hybridized carbons (Fsp3) is 0.200. The Balaban J connectivity index is 2.49. The van der Waals surface area contributed by atoms with E-state index in [0.29, 0.717) is 0 Å². The van der Waals surface area contributed by atoms with Gasteiger partial charge in [-0.1, -0.05) is 0 Å². The zero-order valence-electron chi connectivity index (χ0n) is 8.10. The van der Waals surface area contributed by atoms with Crippen LogP contribution in [0.4, 0.5) is 0 Å². The molecule has 0 saturated heterocycles. The maximum atomic E-state index is 9.14. The Morgan fingerprint density at radius 1 is 1.21 bits per heavy atom. The van der Waals surface area contributed by atoms with Crippen LogP contribution in [0.25, 0.3) is 11.4 Å². The molecular formula is C10H11N3O. The van der Waals surface area contributed by atoms with Gasteiger partial charge in [0.15, 0.2) is 5.82 Å². The van der Waals surface area contributed by atoms with E-state index < -0.39 is 0 Å². The average molecular weight is 189 g/mol. The van der Waals surface area contributed by atoms with Crippen molar-refractivity contribution in [1.82, 2.24) is 14.8 Å². The lowest BCUT2D eigenvalue weighted by molar-refractivity contribution is 0.475. The normalized spacial score (nSPS) is 10.4. The maximum Gasteiger partial charge on any atom is 0.158 e. The number of phenols is 1. The number of aromatic hydroxyl groups is 1. The van der Waals surface area contributed by atoms with Crippen LogP contribution in [0.2, 0.25) is 0 Å². The molecule has 0 bridgehead atoms. The molecule has 1 aromatic heterocycles. The number of rotatable bonds is 1. The van der Waals surface area contributed by atoms with E-state index in [2.05, 4.69) is 10.1 Å². The van der Waals surface area contributed by atoms with Gasteiger partial charge in [0, 0.05) is 12.6 Å². The molecule has 0 aliphatic rings. The highest BCUT2D eigenvalue weighted by Gasteiger charge is 2.05. The second-order valence-electron chi connectivity index (χ2n) is 3.15. The topological polar surface area (TPSA) is 50.9 Å². The van der Waals surface area contributed by atoms with Gasteiger partial charge in [0.25, 0.3) is 0 Å². The second kappa shape index (κ2) is 3.14. The molecular weight excluding hydrogens is 178 g/mol. The Hall–Kier alpha value is -1.84. The first-order valence-corrected chi connectivity index (χ1v) is 4.34. The minimum atomic E-state index is 0.257. The first-order chi connectivity index (χ1) is 6.66. The van der Waals surface area contributed by atoms with E-state index in [1.165, 1.54) is 0 Å². The van der Waals surface area contributed by atoms with Crippen molar-refractivity contribution in [2.45, 2.75) is 6.92 Å². The Bertz CT molecular complexity index is 445. The van der Waals surface area contributed by atoms with Crippen molar-refractivity contribution in [3.63, 3.8) is 0 Å². The minimum Gasteiger partial charge on any atom is -0.508 e. The Morgan fingerprint density at radius 3 is 2.36 bits per heavy atom. The summed E-state index contributed by atoms with van der Waals surface area (Å²) in [5.74, 6) is 1.81. The van der Waals surface area contributed by atoms with Crippen LogP contribution in [-0.2, 0) is 7.05 Å². The molecule has 14 heavy (non-hydrogen) atoms. The lowest BCUT2D eigenvalue weighted by Crippen LogP contribution is -1.93. The predicted molar refractivity (Wildman–Crippen MR) is 52.8 cm³/mol. The summed E-state index contributed by atoms with van der Waals surface area (Å²) in [7, 11) is 1.85. The summed E-state index contributed by atoms with van der Waals surface area (Å²) in [6, 6.07) is 6.91. The number of hydrogen-bond donors (Lipinski definition) is 1. The fourth-order valence-electron chi connectivity index (χ4n) is 1.37. The number of benzene rings is 1. The number of hydrogen-bond acceptors (Lipinski definition) is 3. The lowest BCUT2D eigenvalue weighted by Gasteiger charge is -1.99. The quantitative estimate of drug-likeness (QED) is 0.739. The van der Waals surface area contributed by atoms with Crippen molar-refractivity contribution in [2.24, 2.45) is 7.05 Å². The van der Waals surface area contributed by atoms with Crippen molar-refractivity contribution in [3.8, 4) is 17.1 Å². The van der Waals surface area contributed by atoms with E-state index in [9.17, 15) is 0 Å². The largest absolute Gasteiger partial charge is 0.508 e. The van der Waals surface area contributed by atoms with E-state index in [1.807, 2.05) is 26.1 Å². The van der Waals surface area contributed by atoms with Crippen molar-refractivity contribution < 1.29 is 5.11 Å². The molecule has 0 spiro atoms. The molecule has 0 radical (unpaired) electrons. The lowest BCUT2D eigenvalue weighted by atomic mass is 10.2. The Labute approximate surface area is 81.8 Å². The van der Waals surface area contributed by atoms with Crippen LogP contribution in [0.5, 0.6) is 5.75 Å². The molecule has 0 aliphatic heterocycles. The summed E-state index contributed by atoms with van der Waals surface area (Å²) in [4.78, 5) is 4.28. The highest BCUT2D eigenvalue weighted by atomic mass is 16.3. The van der Waals surface area contributed by atoms with Crippen molar-refractivity contribution in [2.75, 3.05) is 0 Å². The number of aryl methyl sites for hydroxylation is 2. The highest BCUT2D eigenvalue weighted by molar-refractivity contribution is 5.56. The number of phenolic OH excluding ortho intramolecular Hbond substituents is 1. The smallest absolute Gasteiger partial charge is 0.158 e. The van der Waals surface area contributed by atoms with E-state index in [4.69, 9.17) is 5.11 Å². The molecule has 0 unspecified atom stereocenters. The van der Waals surface area contributed by atoms with Gasteiger partial charge < -0.3 is 5.11 Å². The molecule has 1 N–H and O–H groups in total. The maximum absolute atomic E-state index is 9.14. The molecule has 0 fully saturated rings. The van der Waals surface area contributed by atoms with Gasteiger partial charge in [0.1, 0.15) is 11.6 Å². The standard InChI is InChI=1S/C10H11N3O/c1-7-11-10(13(2)12-7)8-3-5-9(14)6-4-8/h3-6,14H,1-2H3. The van der Waals surface area contributed by atoms with Crippen LogP contribution >= 0.6 is 0 Å². The summed E-state index contributed by atoms with van der Waals surface area (Å²) in [5, 5.41) is 13.3. The van der Waals surface area contributed by atoms with Crippen LogP contribution in [0.15, 0.2) is 24.3 Å². The van der Waals surface area contributed by atoms with Crippen molar-refractivity contribution in [3.05, 3.63) is 30.1 Å². The average Bonchev–Trinajstić information content (AvgIpc) is 2.47. The second-order valence-corrected chi connectivity index (χ2v) is 3.15. The van der Waals surface area contributed by atoms with Crippen LogP contribution in [0.3, 0.4) is 0 Å². The zero-order valence-corrected chi connectivity index (χ0v) is 8.10. The third-order valence-corrected chi connectivity index (χ3v) is 1.99. The summed E-state index contributed by atoms with van der Waals surface area (Å²) in [5.41, 5.74) is 0.950. The molecule has 4 heteroatoms. The molecule has 4 nitrogen and oxygen atoms in total. The molecule has 1 heterocycles. The molecule has 1 aromatic carbocycles. The third kappa shape index (κ3) is 1.46. The Kier molecular flexibility index (Phi) is 1.96. The van der Waals surface area contributed by atoms with E-state index >= 15 is 0 Å². The van der Waals surface area contributed by atoms with Gasteiger partial charge in [-0.05, 0) is 31.2 Å². The molecule has 0 aliphatic carbocycles. The highest BCUT2D eigenvalue weighted by Crippen LogP contribution is 2.19. The monoisotopic (exact) mass is 189 g/mol. The first-order valence-electron chi connectivity index (χ1n) is 4.34. The number of aromatic nitrogens is 3. The zero-order chi connectivity index (χ0) is 10.1. The van der Waals surface area contributed by atoms with E-state index in [0.717, 1.165) is 17.2 Å². The Morgan fingerprint density at radius 2 is 1.86 bits per heavy atom. The van der Waals surface area contributed by atoms with Crippen molar-refractivity contribution >= 4 is 0 Å². The van der Waals surface area contributed by atoms with Gasteiger partial charge in [-0.25, -0.2) is 9.67 Å². The van der Waals surface area contributed by atoms with Gasteiger partial charge in [-0.3, -0.25) is 0 Å². The fourth-order valence-corrected chi connectivity index (χ4v) is 1.37. The molecule has 0 amide bonds. The molecule has 0 saturated carbocycles. The van der Waals surface area contributed by atoms with Gasteiger partial charge >= 0.3 is 0 Å². The summed E-state index contributed by atoms with van der Waals surface area (Å²) in [6.07, 6.45) is 0. The van der Waals surface area contributed by atoms with Crippen LogP contribution in [0.1, 0.15) is 5.82 Å². The van der Waals surface area contributed by atoms with Gasteiger partial charge in [-0.15, -0.1) is 0 Å². The molecule has 2 aromatic rings. The van der Waals surface area contributed by atoms with Gasteiger partial charge in [-0.2, -0.15) is 5.10 Å². The van der Waals surface area contributed by atoms with Gasteiger partial charge in [0.2, 0.25) is 0 Å². The molecule has 72 valence electrons. The van der Waals surface area contributed by atoms with E-state index in [-0.39, 0.29) is 5.75 Å². The van der Waals surface area contributed by atoms with E-state index in [1.54, 1.807) is 16.8 Å². The molecule has 0 atom stereocenters. The van der Waals surface area contributed by atoms with Gasteiger partial charge in [0.05, 0.1) is 0 Å².